The van der Waals surface area contributed by atoms with Gasteiger partial charge < -0.3 is 4.57 Å². The first-order chi connectivity index (χ1) is 6.23. The number of alkyl halides is 3. The molecule has 0 aliphatic rings. The van der Waals surface area contributed by atoms with Crippen LogP contribution in [0.1, 0.15) is 5.56 Å². The standard InChI is InChI=1S/C9H10F3OP/c1-14(2,13)8-6-4-3-5-7(8)9(10,11)12/h3-6H,1-2H3. The Balaban J connectivity index is 3.39. The average molecular weight is 222 g/mol. The Kier molecular flexibility index (Phi) is 2.77. The highest BCUT2D eigenvalue weighted by Crippen LogP contribution is 2.40. The highest BCUT2D eigenvalue weighted by Gasteiger charge is 2.35. The fraction of sp³-hybridized carbons (Fsp3) is 0.333. The molecule has 0 fully saturated rings. The van der Waals surface area contributed by atoms with Gasteiger partial charge in [0.05, 0.1) is 5.56 Å². The van der Waals surface area contributed by atoms with Crippen molar-refractivity contribution < 1.29 is 17.7 Å². The van der Waals surface area contributed by atoms with Crippen molar-refractivity contribution >= 4 is 12.4 Å². The van der Waals surface area contributed by atoms with E-state index in [2.05, 4.69) is 0 Å². The lowest BCUT2D eigenvalue weighted by atomic mass is 10.2. The molecule has 0 spiro atoms. The molecule has 14 heavy (non-hydrogen) atoms. The zero-order valence-corrected chi connectivity index (χ0v) is 8.69. The smallest absolute Gasteiger partial charge is 0.319 e. The third-order valence-corrected chi connectivity index (χ3v) is 3.34. The van der Waals surface area contributed by atoms with E-state index in [1.807, 2.05) is 0 Å². The number of hydrogen-bond acceptors (Lipinski definition) is 1. The lowest BCUT2D eigenvalue weighted by Crippen LogP contribution is -2.18. The van der Waals surface area contributed by atoms with Crippen LogP contribution in [0.15, 0.2) is 24.3 Å². The molecule has 1 nitrogen and oxygen atoms in total. The zero-order chi connectivity index (χ0) is 11.0. The summed E-state index contributed by atoms with van der Waals surface area (Å²) in [7, 11) is -2.87. The SMILES string of the molecule is CP(C)(=O)c1ccccc1C(F)(F)F. The maximum Gasteiger partial charge on any atom is 0.417 e. The molecule has 1 aromatic carbocycles. The molecule has 0 saturated heterocycles. The summed E-state index contributed by atoms with van der Waals surface area (Å²) in [6, 6.07) is 4.98. The average Bonchev–Trinajstić information content (AvgIpc) is 2.01. The van der Waals surface area contributed by atoms with Gasteiger partial charge in [-0.2, -0.15) is 13.2 Å². The summed E-state index contributed by atoms with van der Waals surface area (Å²) in [4.78, 5) is 0. The molecular formula is C9H10F3OP. The van der Waals surface area contributed by atoms with Crippen LogP contribution in [0.3, 0.4) is 0 Å². The summed E-state index contributed by atoms with van der Waals surface area (Å²) in [6.45, 7) is 2.66. The van der Waals surface area contributed by atoms with Crippen LogP contribution in [0.25, 0.3) is 0 Å². The number of rotatable bonds is 1. The number of halogens is 3. The minimum absolute atomic E-state index is 0.104. The lowest BCUT2D eigenvalue weighted by molar-refractivity contribution is -0.136. The van der Waals surface area contributed by atoms with Gasteiger partial charge in [-0.15, -0.1) is 0 Å². The predicted octanol–water partition coefficient (Wildman–Crippen LogP) is 2.95. The Hall–Kier alpha value is -0.760. The predicted molar refractivity (Wildman–Crippen MR) is 50.5 cm³/mol. The Morgan fingerprint density at radius 2 is 1.64 bits per heavy atom. The lowest BCUT2D eigenvalue weighted by Gasteiger charge is -2.15. The van der Waals surface area contributed by atoms with Crippen molar-refractivity contribution in [2.45, 2.75) is 6.18 Å². The molecule has 0 heterocycles. The monoisotopic (exact) mass is 222 g/mol. The molecule has 0 atom stereocenters. The van der Waals surface area contributed by atoms with Gasteiger partial charge in [-0.3, -0.25) is 0 Å². The third-order valence-electron chi connectivity index (χ3n) is 1.79. The van der Waals surface area contributed by atoms with Crippen LogP contribution in [-0.4, -0.2) is 13.3 Å². The van der Waals surface area contributed by atoms with Crippen molar-refractivity contribution in [3.8, 4) is 0 Å². The Morgan fingerprint density at radius 3 is 2.00 bits per heavy atom. The topological polar surface area (TPSA) is 17.1 Å². The van der Waals surface area contributed by atoms with Gasteiger partial charge in [0, 0.05) is 5.30 Å². The van der Waals surface area contributed by atoms with Crippen molar-refractivity contribution in [2.75, 3.05) is 13.3 Å². The van der Waals surface area contributed by atoms with Crippen molar-refractivity contribution in [1.29, 1.82) is 0 Å². The maximum absolute atomic E-state index is 12.5. The molecule has 0 radical (unpaired) electrons. The van der Waals surface area contributed by atoms with E-state index in [0.717, 1.165) is 6.07 Å². The quantitative estimate of drug-likeness (QED) is 0.667. The number of hydrogen-bond donors (Lipinski definition) is 0. The Labute approximate surface area is 80.3 Å². The molecule has 5 heteroatoms. The second-order valence-electron chi connectivity index (χ2n) is 3.37. The molecule has 1 rings (SSSR count). The largest absolute Gasteiger partial charge is 0.417 e. The molecule has 0 N–H and O–H groups in total. The van der Waals surface area contributed by atoms with E-state index < -0.39 is 18.9 Å². The second-order valence-corrected chi connectivity index (χ2v) is 6.55. The van der Waals surface area contributed by atoms with Crippen molar-refractivity contribution in [2.24, 2.45) is 0 Å². The van der Waals surface area contributed by atoms with E-state index in [4.69, 9.17) is 0 Å². The fourth-order valence-corrected chi connectivity index (χ4v) is 2.41. The van der Waals surface area contributed by atoms with Crippen LogP contribution in [-0.2, 0) is 10.7 Å². The van der Waals surface area contributed by atoms with Gasteiger partial charge >= 0.3 is 6.18 Å². The van der Waals surface area contributed by atoms with E-state index in [0.29, 0.717) is 0 Å². The van der Waals surface area contributed by atoms with Gasteiger partial charge in [-0.05, 0) is 19.4 Å². The van der Waals surface area contributed by atoms with Crippen molar-refractivity contribution in [3.05, 3.63) is 29.8 Å². The summed E-state index contributed by atoms with van der Waals surface area (Å²) in [5.74, 6) is 0. The van der Waals surface area contributed by atoms with Gasteiger partial charge in [0.15, 0.2) is 0 Å². The molecule has 0 aliphatic carbocycles. The van der Waals surface area contributed by atoms with Crippen LogP contribution in [0.2, 0.25) is 0 Å². The summed E-state index contributed by atoms with van der Waals surface area (Å²) in [6.07, 6.45) is -4.43. The van der Waals surface area contributed by atoms with E-state index in [-0.39, 0.29) is 5.30 Å². The summed E-state index contributed by atoms with van der Waals surface area (Å²) in [5, 5.41) is -0.104. The molecule has 0 aromatic heterocycles. The van der Waals surface area contributed by atoms with Gasteiger partial charge in [-0.1, -0.05) is 18.2 Å². The molecule has 0 aliphatic heterocycles. The molecule has 0 saturated carbocycles. The molecule has 0 amide bonds. The minimum Gasteiger partial charge on any atom is -0.319 e. The Bertz CT molecular complexity index is 378. The van der Waals surface area contributed by atoms with Crippen molar-refractivity contribution in [1.82, 2.24) is 0 Å². The van der Waals surface area contributed by atoms with Crippen molar-refractivity contribution in [3.63, 3.8) is 0 Å². The first kappa shape index (κ1) is 11.3. The van der Waals surface area contributed by atoms with Gasteiger partial charge in [-0.25, -0.2) is 0 Å². The van der Waals surface area contributed by atoms with Crippen LogP contribution in [0.5, 0.6) is 0 Å². The number of benzene rings is 1. The summed E-state index contributed by atoms with van der Waals surface area (Å²) >= 11 is 0. The van der Waals surface area contributed by atoms with Gasteiger partial charge in [0.1, 0.15) is 7.14 Å². The minimum atomic E-state index is -4.43. The van der Waals surface area contributed by atoms with Gasteiger partial charge in [0.25, 0.3) is 0 Å². The van der Waals surface area contributed by atoms with E-state index in [1.165, 1.54) is 31.5 Å². The molecule has 0 bridgehead atoms. The highest BCUT2D eigenvalue weighted by atomic mass is 31.2. The zero-order valence-electron chi connectivity index (χ0n) is 7.80. The van der Waals surface area contributed by atoms with Crippen LogP contribution < -0.4 is 5.30 Å². The first-order valence-corrected chi connectivity index (χ1v) is 6.55. The highest BCUT2D eigenvalue weighted by molar-refractivity contribution is 7.70. The summed E-state index contributed by atoms with van der Waals surface area (Å²) < 4.78 is 49.0. The first-order valence-electron chi connectivity index (χ1n) is 3.94. The normalized spacial score (nSPS) is 12.9. The third kappa shape index (κ3) is 2.38. The second kappa shape index (κ2) is 3.43. The molecular weight excluding hydrogens is 212 g/mol. The van der Waals surface area contributed by atoms with Crippen LogP contribution >= 0.6 is 7.14 Å². The maximum atomic E-state index is 12.5. The van der Waals surface area contributed by atoms with E-state index in [1.54, 1.807) is 0 Å². The molecule has 0 unspecified atom stereocenters. The van der Waals surface area contributed by atoms with Gasteiger partial charge in [0.2, 0.25) is 0 Å². The molecule has 1 aromatic rings. The summed E-state index contributed by atoms with van der Waals surface area (Å²) in [5.41, 5.74) is -0.798. The van der Waals surface area contributed by atoms with Crippen LogP contribution in [0.4, 0.5) is 13.2 Å². The fourth-order valence-electron chi connectivity index (χ4n) is 1.18. The van der Waals surface area contributed by atoms with E-state index >= 15 is 0 Å². The van der Waals surface area contributed by atoms with E-state index in [9.17, 15) is 17.7 Å². The Morgan fingerprint density at radius 1 is 1.14 bits per heavy atom. The van der Waals surface area contributed by atoms with Crippen LogP contribution in [0, 0.1) is 0 Å². The molecule has 78 valence electrons.